The molecular weight excluding hydrogens is 314 g/mol. The molecule has 0 amide bonds. The number of rotatable bonds is 6. The van der Waals surface area contributed by atoms with Gasteiger partial charge >= 0.3 is 0 Å². The zero-order valence-electron chi connectivity index (χ0n) is 12.4. The Morgan fingerprint density at radius 2 is 1.78 bits per heavy atom. The van der Waals surface area contributed by atoms with Gasteiger partial charge in [-0.15, -0.1) is 10.2 Å². The van der Waals surface area contributed by atoms with Crippen LogP contribution in [0, 0.1) is 0 Å². The van der Waals surface area contributed by atoms with E-state index in [4.69, 9.17) is 21.1 Å². The van der Waals surface area contributed by atoms with Crippen LogP contribution in [0.25, 0.3) is 0 Å². The summed E-state index contributed by atoms with van der Waals surface area (Å²) in [7, 11) is 0. The molecule has 0 bridgehead atoms. The van der Waals surface area contributed by atoms with Crippen molar-refractivity contribution in [2.24, 2.45) is 0 Å². The maximum Gasteiger partial charge on any atom is 0.235 e. The molecule has 2 aromatic carbocycles. The average molecular weight is 330 g/mol. The van der Waals surface area contributed by atoms with Crippen LogP contribution in [0.5, 0.6) is 0 Å². The number of aromatic nitrogens is 2. The van der Waals surface area contributed by atoms with Crippen molar-refractivity contribution < 1.29 is 9.52 Å². The van der Waals surface area contributed by atoms with E-state index in [-0.39, 0.29) is 6.61 Å². The molecule has 0 fully saturated rings. The third kappa shape index (κ3) is 4.09. The van der Waals surface area contributed by atoms with Gasteiger partial charge in [-0.1, -0.05) is 48.0 Å². The molecule has 0 aliphatic carbocycles. The van der Waals surface area contributed by atoms with Crippen LogP contribution in [-0.2, 0) is 19.6 Å². The highest BCUT2D eigenvalue weighted by atomic mass is 35.5. The zero-order chi connectivity index (χ0) is 16.1. The van der Waals surface area contributed by atoms with Crippen molar-refractivity contribution in [2.75, 3.05) is 5.32 Å². The van der Waals surface area contributed by atoms with Crippen LogP contribution in [0.4, 0.5) is 5.69 Å². The molecule has 1 heterocycles. The van der Waals surface area contributed by atoms with Crippen LogP contribution in [0.3, 0.4) is 0 Å². The van der Waals surface area contributed by atoms with Crippen LogP contribution >= 0.6 is 11.6 Å². The Bertz CT molecular complexity index is 775. The van der Waals surface area contributed by atoms with E-state index in [1.54, 1.807) is 18.2 Å². The molecule has 0 saturated heterocycles. The van der Waals surface area contributed by atoms with E-state index >= 15 is 0 Å². The molecule has 0 aliphatic rings. The summed E-state index contributed by atoms with van der Waals surface area (Å²) in [5.41, 5.74) is 2.63. The predicted molar refractivity (Wildman–Crippen MR) is 88.2 cm³/mol. The molecule has 0 spiro atoms. The molecule has 1 aromatic heterocycles. The Morgan fingerprint density at radius 3 is 2.57 bits per heavy atom. The average Bonchev–Trinajstić information content (AvgIpc) is 3.02. The second-order valence-corrected chi connectivity index (χ2v) is 5.48. The van der Waals surface area contributed by atoms with Gasteiger partial charge in [0.05, 0.1) is 30.3 Å². The molecular formula is C17H16ClN3O2. The van der Waals surface area contributed by atoms with Crippen LogP contribution in [0.1, 0.15) is 22.9 Å². The topological polar surface area (TPSA) is 71.2 Å². The summed E-state index contributed by atoms with van der Waals surface area (Å²) in [6.45, 7) is 0.337. The normalized spacial score (nSPS) is 10.7. The lowest BCUT2D eigenvalue weighted by Crippen LogP contribution is -2.01. The molecule has 0 aliphatic heterocycles. The molecule has 23 heavy (non-hydrogen) atoms. The van der Waals surface area contributed by atoms with Gasteiger partial charge in [-0.3, -0.25) is 0 Å². The zero-order valence-corrected chi connectivity index (χ0v) is 13.1. The van der Waals surface area contributed by atoms with Crippen molar-refractivity contribution in [1.82, 2.24) is 10.2 Å². The quantitative estimate of drug-likeness (QED) is 0.725. The molecule has 0 radical (unpaired) electrons. The summed E-state index contributed by atoms with van der Waals surface area (Å²) in [5.74, 6) is 1.06. The first-order chi connectivity index (χ1) is 11.2. The highest BCUT2D eigenvalue weighted by Crippen LogP contribution is 2.23. The minimum atomic E-state index is -0.0341. The molecule has 2 N–H and O–H groups in total. The number of aliphatic hydroxyl groups is 1. The standard InChI is InChI=1S/C17H16ClN3O2/c18-14-7-6-13(11-22)8-15(14)19-10-17-21-20-16(23-17)9-12-4-2-1-3-5-12/h1-8,19,22H,9-11H2. The van der Waals surface area contributed by atoms with Gasteiger partial charge in [-0.2, -0.15) is 0 Å². The number of aliphatic hydroxyl groups excluding tert-OH is 1. The highest BCUT2D eigenvalue weighted by Gasteiger charge is 2.08. The number of hydrogen-bond acceptors (Lipinski definition) is 5. The van der Waals surface area contributed by atoms with Crippen molar-refractivity contribution in [3.8, 4) is 0 Å². The first kappa shape index (κ1) is 15.5. The summed E-state index contributed by atoms with van der Waals surface area (Å²) < 4.78 is 5.63. The Kier molecular flexibility index (Phi) is 4.90. The van der Waals surface area contributed by atoms with Crippen molar-refractivity contribution in [2.45, 2.75) is 19.6 Å². The summed E-state index contributed by atoms with van der Waals surface area (Å²) >= 11 is 6.12. The Labute approximate surface area is 138 Å². The highest BCUT2D eigenvalue weighted by molar-refractivity contribution is 6.33. The second-order valence-electron chi connectivity index (χ2n) is 5.08. The predicted octanol–water partition coefficient (Wildman–Crippen LogP) is 3.42. The van der Waals surface area contributed by atoms with E-state index in [0.29, 0.717) is 29.8 Å². The van der Waals surface area contributed by atoms with E-state index in [9.17, 15) is 0 Å². The monoisotopic (exact) mass is 329 g/mol. The second kappa shape index (κ2) is 7.26. The fourth-order valence-corrected chi connectivity index (χ4v) is 2.36. The number of hydrogen-bond donors (Lipinski definition) is 2. The van der Waals surface area contributed by atoms with Gasteiger partial charge in [-0.05, 0) is 23.3 Å². The molecule has 0 atom stereocenters. The van der Waals surface area contributed by atoms with Gasteiger partial charge in [0.1, 0.15) is 0 Å². The summed E-state index contributed by atoms with van der Waals surface area (Å²) in [4.78, 5) is 0. The maximum absolute atomic E-state index is 9.17. The Hall–Kier alpha value is -2.37. The molecule has 118 valence electrons. The van der Waals surface area contributed by atoms with Crippen LogP contribution < -0.4 is 5.32 Å². The van der Waals surface area contributed by atoms with Gasteiger partial charge in [0.15, 0.2) is 0 Å². The van der Waals surface area contributed by atoms with E-state index in [2.05, 4.69) is 15.5 Å². The minimum Gasteiger partial charge on any atom is -0.423 e. The lowest BCUT2D eigenvalue weighted by molar-refractivity contribution is 0.282. The smallest absolute Gasteiger partial charge is 0.235 e. The number of nitrogens with zero attached hydrogens (tertiary/aromatic N) is 2. The van der Waals surface area contributed by atoms with E-state index in [1.165, 1.54) is 0 Å². The lowest BCUT2D eigenvalue weighted by Gasteiger charge is -2.07. The maximum atomic E-state index is 9.17. The Balaban J connectivity index is 1.63. The van der Waals surface area contributed by atoms with Crippen molar-refractivity contribution in [3.63, 3.8) is 0 Å². The van der Waals surface area contributed by atoms with Gasteiger partial charge < -0.3 is 14.8 Å². The van der Waals surface area contributed by atoms with Gasteiger partial charge in [0, 0.05) is 0 Å². The molecule has 5 nitrogen and oxygen atoms in total. The molecule has 0 unspecified atom stereocenters. The summed E-state index contributed by atoms with van der Waals surface area (Å²) in [6, 6.07) is 15.3. The summed E-state index contributed by atoms with van der Waals surface area (Å²) in [6.07, 6.45) is 0.606. The van der Waals surface area contributed by atoms with E-state index < -0.39 is 0 Å². The van der Waals surface area contributed by atoms with Gasteiger partial charge in [0.25, 0.3) is 0 Å². The first-order valence-corrected chi connectivity index (χ1v) is 7.61. The van der Waals surface area contributed by atoms with Crippen molar-refractivity contribution in [1.29, 1.82) is 0 Å². The summed E-state index contributed by atoms with van der Waals surface area (Å²) in [5, 5.41) is 21.0. The Morgan fingerprint density at radius 1 is 1.00 bits per heavy atom. The molecule has 6 heteroatoms. The lowest BCUT2D eigenvalue weighted by atomic mass is 10.2. The van der Waals surface area contributed by atoms with Crippen LogP contribution in [0.15, 0.2) is 52.9 Å². The van der Waals surface area contributed by atoms with Crippen molar-refractivity contribution >= 4 is 17.3 Å². The van der Waals surface area contributed by atoms with Crippen LogP contribution in [-0.4, -0.2) is 15.3 Å². The number of anilines is 1. The van der Waals surface area contributed by atoms with Crippen LogP contribution in [0.2, 0.25) is 5.02 Å². The number of nitrogens with one attached hydrogen (secondary N) is 1. The number of benzene rings is 2. The number of halogens is 1. The molecule has 3 rings (SSSR count). The molecule has 3 aromatic rings. The fourth-order valence-electron chi connectivity index (χ4n) is 2.18. The van der Waals surface area contributed by atoms with Gasteiger partial charge in [-0.25, -0.2) is 0 Å². The van der Waals surface area contributed by atoms with E-state index in [0.717, 1.165) is 16.8 Å². The largest absolute Gasteiger partial charge is 0.423 e. The minimum absolute atomic E-state index is 0.0341. The van der Waals surface area contributed by atoms with E-state index in [1.807, 2.05) is 30.3 Å². The first-order valence-electron chi connectivity index (χ1n) is 7.23. The van der Waals surface area contributed by atoms with Crippen molar-refractivity contribution in [3.05, 3.63) is 76.5 Å². The van der Waals surface area contributed by atoms with Gasteiger partial charge in [0.2, 0.25) is 11.8 Å². The third-order valence-corrected chi connectivity index (χ3v) is 3.68. The fraction of sp³-hybridized carbons (Fsp3) is 0.176. The SMILES string of the molecule is OCc1ccc(Cl)c(NCc2nnc(Cc3ccccc3)o2)c1. The third-order valence-electron chi connectivity index (χ3n) is 3.35. The molecule has 0 saturated carbocycles.